The standard InChI is InChI=1S/C12H18F3N3O3/c1-3-5-9-10(11(19)21-4-2)16-17-18(9)6-7-20-8-12(13,14)15/h3-8H2,1-2H3. The monoisotopic (exact) mass is 309 g/mol. The fraction of sp³-hybridized carbons (Fsp3) is 0.750. The number of ether oxygens (including phenoxy) is 2. The van der Waals surface area contributed by atoms with Crippen LogP contribution in [0.25, 0.3) is 0 Å². The SMILES string of the molecule is CCCc1c(C(=O)OCC)nnn1CCOCC(F)(F)F. The summed E-state index contributed by atoms with van der Waals surface area (Å²) in [7, 11) is 0. The van der Waals surface area contributed by atoms with Crippen molar-refractivity contribution in [3.8, 4) is 0 Å². The lowest BCUT2D eigenvalue weighted by Gasteiger charge is -2.09. The van der Waals surface area contributed by atoms with Gasteiger partial charge in [0, 0.05) is 0 Å². The molecule has 1 heterocycles. The maximum atomic E-state index is 12.0. The number of carbonyl (C=O) groups excluding carboxylic acids is 1. The lowest BCUT2D eigenvalue weighted by atomic mass is 10.2. The number of hydrogen-bond donors (Lipinski definition) is 0. The molecule has 9 heteroatoms. The minimum atomic E-state index is -4.36. The van der Waals surface area contributed by atoms with Crippen LogP contribution in [0.5, 0.6) is 0 Å². The molecule has 0 unspecified atom stereocenters. The third-order valence-electron chi connectivity index (χ3n) is 2.51. The largest absolute Gasteiger partial charge is 0.461 e. The lowest BCUT2D eigenvalue weighted by molar-refractivity contribution is -0.174. The van der Waals surface area contributed by atoms with Crippen molar-refractivity contribution >= 4 is 5.97 Å². The molecule has 0 saturated carbocycles. The van der Waals surface area contributed by atoms with E-state index in [0.717, 1.165) is 6.42 Å². The van der Waals surface area contributed by atoms with Crippen LogP contribution in [-0.4, -0.2) is 47.0 Å². The molecule has 0 bridgehead atoms. The summed E-state index contributed by atoms with van der Waals surface area (Å²) in [5, 5.41) is 7.52. The fourth-order valence-electron chi connectivity index (χ4n) is 1.69. The molecule has 6 nitrogen and oxygen atoms in total. The Morgan fingerprint density at radius 3 is 2.62 bits per heavy atom. The zero-order chi connectivity index (χ0) is 15.9. The van der Waals surface area contributed by atoms with Crippen LogP contribution >= 0.6 is 0 Å². The molecular weight excluding hydrogens is 291 g/mol. The van der Waals surface area contributed by atoms with Crippen LogP contribution in [0.3, 0.4) is 0 Å². The van der Waals surface area contributed by atoms with E-state index < -0.39 is 18.8 Å². The van der Waals surface area contributed by atoms with E-state index >= 15 is 0 Å². The molecule has 0 atom stereocenters. The summed E-state index contributed by atoms with van der Waals surface area (Å²) in [4.78, 5) is 11.7. The van der Waals surface area contributed by atoms with Gasteiger partial charge in [0.2, 0.25) is 0 Å². The number of alkyl halides is 3. The maximum absolute atomic E-state index is 12.0. The van der Waals surface area contributed by atoms with Crippen LogP contribution < -0.4 is 0 Å². The first kappa shape index (κ1) is 17.4. The predicted octanol–water partition coefficient (Wildman–Crippen LogP) is 1.99. The number of nitrogens with zero attached hydrogens (tertiary/aromatic N) is 3. The quantitative estimate of drug-likeness (QED) is 0.543. The highest BCUT2D eigenvalue weighted by Gasteiger charge is 2.27. The van der Waals surface area contributed by atoms with E-state index in [1.807, 2.05) is 6.92 Å². The van der Waals surface area contributed by atoms with Gasteiger partial charge in [-0.3, -0.25) is 0 Å². The van der Waals surface area contributed by atoms with Gasteiger partial charge in [-0.1, -0.05) is 18.6 Å². The summed E-state index contributed by atoms with van der Waals surface area (Å²) in [6.45, 7) is 2.42. The smallest absolute Gasteiger partial charge is 0.411 e. The molecule has 21 heavy (non-hydrogen) atoms. The van der Waals surface area contributed by atoms with Crippen molar-refractivity contribution in [1.82, 2.24) is 15.0 Å². The summed E-state index contributed by atoms with van der Waals surface area (Å²) in [5.74, 6) is -0.580. The number of esters is 1. The van der Waals surface area contributed by atoms with E-state index in [9.17, 15) is 18.0 Å². The molecule has 120 valence electrons. The Labute approximate surface area is 120 Å². The van der Waals surface area contributed by atoms with Crippen molar-refractivity contribution in [3.63, 3.8) is 0 Å². The van der Waals surface area contributed by atoms with E-state index in [2.05, 4.69) is 15.0 Å². The highest BCUT2D eigenvalue weighted by atomic mass is 19.4. The number of hydrogen-bond acceptors (Lipinski definition) is 5. The number of aromatic nitrogens is 3. The lowest BCUT2D eigenvalue weighted by Crippen LogP contribution is -2.20. The molecule has 0 N–H and O–H groups in total. The molecule has 0 radical (unpaired) electrons. The van der Waals surface area contributed by atoms with Crippen molar-refractivity contribution in [1.29, 1.82) is 0 Å². The van der Waals surface area contributed by atoms with Gasteiger partial charge >= 0.3 is 12.1 Å². The van der Waals surface area contributed by atoms with Crippen LogP contribution in [0.15, 0.2) is 0 Å². The molecule has 0 aliphatic rings. The average molecular weight is 309 g/mol. The van der Waals surface area contributed by atoms with E-state index in [1.54, 1.807) is 6.92 Å². The van der Waals surface area contributed by atoms with E-state index in [-0.39, 0.29) is 25.5 Å². The molecule has 0 fully saturated rings. The number of halogens is 3. The predicted molar refractivity (Wildman–Crippen MR) is 66.8 cm³/mol. The van der Waals surface area contributed by atoms with Crippen molar-refractivity contribution in [2.75, 3.05) is 19.8 Å². The first-order chi connectivity index (χ1) is 9.89. The molecule has 0 amide bonds. The fourth-order valence-corrected chi connectivity index (χ4v) is 1.69. The van der Waals surface area contributed by atoms with Crippen molar-refractivity contribution < 1.29 is 27.4 Å². The van der Waals surface area contributed by atoms with Crippen molar-refractivity contribution in [2.24, 2.45) is 0 Å². The van der Waals surface area contributed by atoms with E-state index in [1.165, 1.54) is 4.68 Å². The van der Waals surface area contributed by atoms with Crippen LogP contribution in [0.1, 0.15) is 36.5 Å². The second kappa shape index (κ2) is 7.96. The van der Waals surface area contributed by atoms with Crippen LogP contribution in [0, 0.1) is 0 Å². The Balaban J connectivity index is 2.67. The first-order valence-electron chi connectivity index (χ1n) is 6.63. The van der Waals surface area contributed by atoms with Gasteiger partial charge in [-0.05, 0) is 13.3 Å². The Morgan fingerprint density at radius 1 is 1.33 bits per heavy atom. The van der Waals surface area contributed by atoms with Gasteiger partial charge in [-0.25, -0.2) is 9.48 Å². The molecule has 0 aliphatic carbocycles. The highest BCUT2D eigenvalue weighted by Crippen LogP contribution is 2.15. The van der Waals surface area contributed by atoms with E-state index in [4.69, 9.17) is 4.74 Å². The van der Waals surface area contributed by atoms with Gasteiger partial charge < -0.3 is 9.47 Å². The summed E-state index contributed by atoms with van der Waals surface area (Å²) < 4.78 is 46.6. The Morgan fingerprint density at radius 2 is 2.05 bits per heavy atom. The average Bonchev–Trinajstić information content (AvgIpc) is 2.78. The van der Waals surface area contributed by atoms with Gasteiger partial charge in [0.25, 0.3) is 0 Å². The minimum Gasteiger partial charge on any atom is -0.461 e. The highest BCUT2D eigenvalue weighted by molar-refractivity contribution is 5.88. The Hall–Kier alpha value is -1.64. The van der Waals surface area contributed by atoms with Crippen molar-refractivity contribution in [2.45, 2.75) is 39.4 Å². The summed E-state index contributed by atoms with van der Waals surface area (Å²) in [5.41, 5.74) is 0.654. The Bertz CT molecular complexity index is 460. The third kappa shape index (κ3) is 5.70. The van der Waals surface area contributed by atoms with Gasteiger partial charge in [0.1, 0.15) is 6.61 Å². The normalized spacial score (nSPS) is 11.7. The van der Waals surface area contributed by atoms with Gasteiger partial charge in [-0.15, -0.1) is 5.10 Å². The second-order valence-corrected chi connectivity index (χ2v) is 4.25. The second-order valence-electron chi connectivity index (χ2n) is 4.25. The zero-order valence-corrected chi connectivity index (χ0v) is 11.9. The molecule has 0 aliphatic heterocycles. The van der Waals surface area contributed by atoms with Crippen LogP contribution in [-0.2, 0) is 22.4 Å². The Kier molecular flexibility index (Phi) is 6.60. The molecule has 0 spiro atoms. The summed E-state index contributed by atoms with van der Waals surface area (Å²) in [6.07, 6.45) is -3.09. The molecule has 1 aromatic rings. The van der Waals surface area contributed by atoms with Gasteiger partial charge in [0.05, 0.1) is 25.5 Å². The zero-order valence-electron chi connectivity index (χ0n) is 11.9. The molecular formula is C12H18F3N3O3. The van der Waals surface area contributed by atoms with Crippen LogP contribution in [0.4, 0.5) is 13.2 Å². The molecule has 1 aromatic heterocycles. The van der Waals surface area contributed by atoms with Gasteiger partial charge in [0.15, 0.2) is 5.69 Å². The topological polar surface area (TPSA) is 66.2 Å². The van der Waals surface area contributed by atoms with Crippen molar-refractivity contribution in [3.05, 3.63) is 11.4 Å². The van der Waals surface area contributed by atoms with Crippen LogP contribution in [0.2, 0.25) is 0 Å². The number of rotatable bonds is 8. The van der Waals surface area contributed by atoms with E-state index in [0.29, 0.717) is 12.1 Å². The third-order valence-corrected chi connectivity index (χ3v) is 2.51. The molecule has 0 saturated heterocycles. The van der Waals surface area contributed by atoms with Gasteiger partial charge in [-0.2, -0.15) is 13.2 Å². The summed E-state index contributed by atoms with van der Waals surface area (Å²) in [6, 6.07) is 0. The molecule has 1 rings (SSSR count). The maximum Gasteiger partial charge on any atom is 0.411 e. The summed E-state index contributed by atoms with van der Waals surface area (Å²) >= 11 is 0. The number of carbonyl (C=O) groups is 1. The minimum absolute atomic E-state index is 0.0951. The molecule has 0 aromatic carbocycles. The first-order valence-corrected chi connectivity index (χ1v) is 6.63.